The fraction of sp³-hybridized carbons (Fsp3) is 0.765. The number of amides is 1. The molecule has 3 rings (SSSR count). The number of aromatic nitrogens is 1. The van der Waals surface area contributed by atoms with Crippen molar-refractivity contribution in [2.45, 2.75) is 67.5 Å². The quantitative estimate of drug-likeness (QED) is 0.874. The molecule has 4 nitrogen and oxygen atoms in total. The van der Waals surface area contributed by atoms with Crippen LogP contribution in [0.4, 0.5) is 0 Å². The van der Waals surface area contributed by atoms with Crippen LogP contribution < -0.4 is 5.32 Å². The van der Waals surface area contributed by atoms with Gasteiger partial charge in [-0.3, -0.25) is 4.79 Å². The number of thiazole rings is 1. The smallest absolute Gasteiger partial charge is 0.220 e. The number of ether oxygens (including phenoxy) is 1. The predicted octanol–water partition coefficient (Wildman–Crippen LogP) is 3.79. The van der Waals surface area contributed by atoms with Crippen molar-refractivity contribution in [1.29, 1.82) is 0 Å². The van der Waals surface area contributed by atoms with Gasteiger partial charge in [0.25, 0.3) is 0 Å². The van der Waals surface area contributed by atoms with Crippen molar-refractivity contribution >= 4 is 29.0 Å². The lowest BCUT2D eigenvalue weighted by Crippen LogP contribution is -2.39. The molecule has 1 saturated heterocycles. The molecular weight excluding hydrogens is 328 g/mol. The average molecular weight is 355 g/mol. The van der Waals surface area contributed by atoms with Crippen molar-refractivity contribution in [3.8, 4) is 0 Å². The molecule has 1 aliphatic carbocycles. The van der Waals surface area contributed by atoms with Gasteiger partial charge in [-0.2, -0.15) is 0 Å². The molecular formula is C17H26N2O2S2. The lowest BCUT2D eigenvalue weighted by atomic mass is 9.93. The summed E-state index contributed by atoms with van der Waals surface area (Å²) in [5, 5.41) is 6.02. The molecule has 2 fully saturated rings. The van der Waals surface area contributed by atoms with Crippen LogP contribution >= 0.6 is 23.1 Å². The molecule has 6 heteroatoms. The number of rotatable bonds is 5. The Labute approximate surface area is 146 Å². The number of carbonyl (C=O) groups is 1. The van der Waals surface area contributed by atoms with Crippen molar-refractivity contribution in [2.24, 2.45) is 5.92 Å². The van der Waals surface area contributed by atoms with Crippen LogP contribution in [0.3, 0.4) is 0 Å². The first-order valence-electron chi connectivity index (χ1n) is 8.65. The van der Waals surface area contributed by atoms with Crippen molar-refractivity contribution in [3.63, 3.8) is 0 Å². The number of aryl methyl sites for hydroxylation is 1. The molecule has 2 aliphatic rings. The highest BCUT2D eigenvalue weighted by Gasteiger charge is 2.25. The second-order valence-electron chi connectivity index (χ2n) is 6.67. The Morgan fingerprint density at radius 2 is 2.04 bits per heavy atom. The lowest BCUT2D eigenvalue weighted by Gasteiger charge is -2.29. The molecule has 1 amide bonds. The van der Waals surface area contributed by atoms with Gasteiger partial charge in [-0.1, -0.05) is 11.8 Å². The van der Waals surface area contributed by atoms with Crippen molar-refractivity contribution in [2.75, 3.05) is 13.2 Å². The molecule has 0 spiro atoms. The third-order valence-corrected chi connectivity index (χ3v) is 7.15. The van der Waals surface area contributed by atoms with Crippen LogP contribution in [0.15, 0.2) is 9.72 Å². The van der Waals surface area contributed by atoms with Gasteiger partial charge in [0, 0.05) is 42.0 Å². The van der Waals surface area contributed by atoms with Crippen molar-refractivity contribution in [1.82, 2.24) is 10.3 Å². The Hall–Kier alpha value is -0.590. The highest BCUT2D eigenvalue weighted by atomic mass is 32.2. The zero-order valence-electron chi connectivity index (χ0n) is 13.8. The summed E-state index contributed by atoms with van der Waals surface area (Å²) in [6, 6.07) is 0.372. The predicted molar refractivity (Wildman–Crippen MR) is 95.1 cm³/mol. The van der Waals surface area contributed by atoms with E-state index in [-0.39, 0.29) is 5.91 Å². The van der Waals surface area contributed by atoms with Gasteiger partial charge in [0.05, 0.1) is 0 Å². The van der Waals surface area contributed by atoms with E-state index >= 15 is 0 Å². The Kier molecular flexibility index (Phi) is 6.36. The van der Waals surface area contributed by atoms with Crippen LogP contribution in [0, 0.1) is 12.8 Å². The minimum atomic E-state index is 0.239. The SMILES string of the molecule is Cc1csc(SC2CCC(NC(=O)CC3CCOCC3)CC2)n1. The summed E-state index contributed by atoms with van der Waals surface area (Å²) in [6.07, 6.45) is 7.28. The Balaban J connectivity index is 1.36. The molecule has 128 valence electrons. The van der Waals surface area contributed by atoms with E-state index in [0.717, 1.165) is 44.6 Å². The Bertz CT molecular complexity index is 506. The van der Waals surface area contributed by atoms with E-state index in [1.165, 1.54) is 17.2 Å². The van der Waals surface area contributed by atoms with E-state index in [4.69, 9.17) is 4.74 Å². The van der Waals surface area contributed by atoms with Gasteiger partial charge in [0.15, 0.2) is 0 Å². The van der Waals surface area contributed by atoms with E-state index in [2.05, 4.69) is 15.7 Å². The summed E-state index contributed by atoms with van der Waals surface area (Å²) >= 11 is 3.66. The Morgan fingerprint density at radius 3 is 2.70 bits per heavy atom. The zero-order valence-corrected chi connectivity index (χ0v) is 15.4. The zero-order chi connectivity index (χ0) is 16.1. The molecule has 1 N–H and O–H groups in total. The maximum atomic E-state index is 12.2. The van der Waals surface area contributed by atoms with Crippen LogP contribution in [-0.2, 0) is 9.53 Å². The van der Waals surface area contributed by atoms with Gasteiger partial charge in [0.2, 0.25) is 5.91 Å². The van der Waals surface area contributed by atoms with Crippen LogP contribution in [0.1, 0.15) is 50.6 Å². The molecule has 1 aliphatic heterocycles. The molecule has 0 aromatic carbocycles. The van der Waals surface area contributed by atoms with Gasteiger partial charge in [0.1, 0.15) is 4.34 Å². The normalized spacial score (nSPS) is 26.1. The fourth-order valence-electron chi connectivity index (χ4n) is 3.35. The number of hydrogen-bond donors (Lipinski definition) is 1. The lowest BCUT2D eigenvalue weighted by molar-refractivity contribution is -0.123. The summed E-state index contributed by atoms with van der Waals surface area (Å²) in [5.74, 6) is 0.757. The van der Waals surface area contributed by atoms with Crippen LogP contribution in [0.2, 0.25) is 0 Å². The first-order chi connectivity index (χ1) is 11.2. The molecule has 23 heavy (non-hydrogen) atoms. The maximum Gasteiger partial charge on any atom is 0.220 e. The van der Waals surface area contributed by atoms with Gasteiger partial charge in [-0.05, 0) is 51.4 Å². The van der Waals surface area contributed by atoms with E-state index in [9.17, 15) is 4.79 Å². The first kappa shape index (κ1) is 17.2. The second-order valence-corrected chi connectivity index (χ2v) is 9.08. The van der Waals surface area contributed by atoms with Gasteiger partial charge in [-0.25, -0.2) is 4.98 Å². The van der Waals surface area contributed by atoms with Crippen LogP contribution in [0.25, 0.3) is 0 Å². The third kappa shape index (κ3) is 5.47. The van der Waals surface area contributed by atoms with E-state index < -0.39 is 0 Å². The summed E-state index contributed by atoms with van der Waals surface area (Å²) in [7, 11) is 0. The minimum absolute atomic E-state index is 0.239. The fourth-order valence-corrected chi connectivity index (χ4v) is 5.64. The van der Waals surface area contributed by atoms with Crippen molar-refractivity contribution in [3.05, 3.63) is 11.1 Å². The molecule has 0 radical (unpaired) electrons. The molecule has 1 saturated carbocycles. The maximum absolute atomic E-state index is 12.2. The van der Waals surface area contributed by atoms with Gasteiger partial charge >= 0.3 is 0 Å². The van der Waals surface area contributed by atoms with Crippen LogP contribution in [0.5, 0.6) is 0 Å². The molecule has 1 aromatic heterocycles. The molecule has 0 bridgehead atoms. The number of nitrogens with zero attached hydrogens (tertiary/aromatic N) is 1. The first-order valence-corrected chi connectivity index (χ1v) is 10.4. The van der Waals surface area contributed by atoms with Crippen molar-refractivity contribution < 1.29 is 9.53 Å². The van der Waals surface area contributed by atoms with Gasteiger partial charge in [-0.15, -0.1) is 11.3 Å². The van der Waals surface area contributed by atoms with Gasteiger partial charge < -0.3 is 10.1 Å². The topological polar surface area (TPSA) is 51.2 Å². The standard InChI is InChI=1S/C17H26N2O2S2/c1-12-11-22-17(18-12)23-15-4-2-14(3-5-15)19-16(20)10-13-6-8-21-9-7-13/h11,13-15H,2-10H2,1H3,(H,19,20). The highest BCUT2D eigenvalue weighted by Crippen LogP contribution is 2.35. The number of hydrogen-bond acceptors (Lipinski definition) is 5. The molecule has 2 heterocycles. The minimum Gasteiger partial charge on any atom is -0.381 e. The van der Waals surface area contributed by atoms with E-state index in [1.54, 1.807) is 11.3 Å². The molecule has 0 atom stereocenters. The average Bonchev–Trinajstić information content (AvgIpc) is 2.95. The van der Waals surface area contributed by atoms with Crippen LogP contribution in [-0.4, -0.2) is 35.4 Å². The summed E-state index contributed by atoms with van der Waals surface area (Å²) in [4.78, 5) is 16.7. The summed E-state index contributed by atoms with van der Waals surface area (Å²) < 4.78 is 6.54. The number of thioether (sulfide) groups is 1. The molecule has 1 aromatic rings. The third-order valence-electron chi connectivity index (χ3n) is 4.72. The molecule has 0 unspecified atom stereocenters. The highest BCUT2D eigenvalue weighted by molar-refractivity contribution is 8.01. The van der Waals surface area contributed by atoms with E-state index in [0.29, 0.717) is 23.6 Å². The summed E-state index contributed by atoms with van der Waals surface area (Å²) in [6.45, 7) is 3.68. The number of carbonyl (C=O) groups excluding carboxylic acids is 1. The summed E-state index contributed by atoms with van der Waals surface area (Å²) in [5.41, 5.74) is 1.12. The largest absolute Gasteiger partial charge is 0.381 e. The Morgan fingerprint density at radius 1 is 1.30 bits per heavy atom. The van der Waals surface area contributed by atoms with E-state index in [1.807, 2.05) is 18.7 Å². The second kappa shape index (κ2) is 8.49. The number of nitrogens with one attached hydrogen (secondary N) is 1. The monoisotopic (exact) mass is 354 g/mol.